The van der Waals surface area contributed by atoms with Crippen molar-refractivity contribution in [1.29, 1.82) is 0 Å². The molecule has 6 heteroatoms. The van der Waals surface area contributed by atoms with Gasteiger partial charge in [-0.15, -0.1) is 0 Å². The summed E-state index contributed by atoms with van der Waals surface area (Å²) in [7, 11) is 0. The molecule has 2 rings (SSSR count). The summed E-state index contributed by atoms with van der Waals surface area (Å²) in [6.45, 7) is 9.11. The Morgan fingerprint density at radius 1 is 1.25 bits per heavy atom. The molecule has 0 bridgehead atoms. The zero-order valence-electron chi connectivity index (χ0n) is 14.8. The minimum absolute atomic E-state index is 0.0674. The fourth-order valence-electron chi connectivity index (χ4n) is 2.45. The second-order valence-corrected chi connectivity index (χ2v) is 5.92. The Morgan fingerprint density at radius 3 is 2.62 bits per heavy atom. The van der Waals surface area contributed by atoms with Gasteiger partial charge in [-0.1, -0.05) is 13.8 Å². The Morgan fingerprint density at radius 2 is 1.96 bits per heavy atom. The van der Waals surface area contributed by atoms with E-state index in [-0.39, 0.29) is 12.1 Å². The third kappa shape index (κ3) is 5.30. The molecule has 1 aromatic rings. The maximum Gasteiger partial charge on any atom is 0.322 e. The van der Waals surface area contributed by atoms with Crippen LogP contribution >= 0.6 is 0 Å². The predicted octanol–water partition coefficient (Wildman–Crippen LogP) is 3.52. The molecule has 1 aliphatic heterocycles. The summed E-state index contributed by atoms with van der Waals surface area (Å²) in [5.41, 5.74) is 0.703. The van der Waals surface area contributed by atoms with Gasteiger partial charge >= 0.3 is 6.03 Å². The maximum atomic E-state index is 12.4. The van der Waals surface area contributed by atoms with Crippen LogP contribution in [0.2, 0.25) is 0 Å². The van der Waals surface area contributed by atoms with Gasteiger partial charge in [0, 0.05) is 24.8 Å². The van der Waals surface area contributed by atoms with Crippen LogP contribution in [0.1, 0.15) is 33.6 Å². The Labute approximate surface area is 144 Å². The minimum atomic E-state index is -0.117. The summed E-state index contributed by atoms with van der Waals surface area (Å²) in [6, 6.07) is 5.39. The Bertz CT molecular complexity index is 536. The second kappa shape index (κ2) is 9.37. The summed E-state index contributed by atoms with van der Waals surface area (Å²) >= 11 is 0. The van der Waals surface area contributed by atoms with Gasteiger partial charge in [0.15, 0.2) is 11.5 Å². The van der Waals surface area contributed by atoms with Crippen LogP contribution in [0.15, 0.2) is 18.2 Å². The zero-order chi connectivity index (χ0) is 17.4. The smallest absolute Gasteiger partial charge is 0.322 e. The highest BCUT2D eigenvalue weighted by Gasteiger charge is 2.21. The van der Waals surface area contributed by atoms with Gasteiger partial charge in [-0.3, -0.25) is 0 Å². The van der Waals surface area contributed by atoms with Gasteiger partial charge < -0.3 is 24.4 Å². The summed E-state index contributed by atoms with van der Waals surface area (Å²) in [5.74, 6) is 1.38. The number of morpholine rings is 1. The van der Waals surface area contributed by atoms with Crippen LogP contribution in [0.3, 0.4) is 0 Å². The van der Waals surface area contributed by atoms with Crippen LogP contribution in [0.5, 0.6) is 11.5 Å². The van der Waals surface area contributed by atoms with Gasteiger partial charge in [0.05, 0.1) is 25.9 Å². The fourth-order valence-corrected chi connectivity index (χ4v) is 2.45. The number of amides is 2. The molecule has 1 saturated heterocycles. The van der Waals surface area contributed by atoms with Gasteiger partial charge in [-0.05, 0) is 31.9 Å². The molecule has 6 nitrogen and oxygen atoms in total. The van der Waals surface area contributed by atoms with Crippen molar-refractivity contribution in [3.8, 4) is 11.5 Å². The largest absolute Gasteiger partial charge is 0.490 e. The van der Waals surface area contributed by atoms with Crippen molar-refractivity contribution in [1.82, 2.24) is 4.90 Å². The maximum absolute atomic E-state index is 12.4. The van der Waals surface area contributed by atoms with Gasteiger partial charge in [-0.25, -0.2) is 4.79 Å². The second-order valence-electron chi connectivity index (χ2n) is 5.92. The van der Waals surface area contributed by atoms with E-state index in [9.17, 15) is 4.79 Å². The van der Waals surface area contributed by atoms with Crippen LogP contribution in [0.4, 0.5) is 10.5 Å². The van der Waals surface area contributed by atoms with E-state index in [4.69, 9.17) is 14.2 Å². The number of anilines is 1. The Kier molecular flexibility index (Phi) is 7.18. The highest BCUT2D eigenvalue weighted by Crippen LogP contribution is 2.31. The third-order valence-electron chi connectivity index (χ3n) is 3.65. The number of urea groups is 1. The monoisotopic (exact) mass is 336 g/mol. The van der Waals surface area contributed by atoms with Crippen LogP contribution in [-0.2, 0) is 4.74 Å². The lowest BCUT2D eigenvalue weighted by molar-refractivity contribution is -0.00138. The van der Waals surface area contributed by atoms with E-state index in [0.29, 0.717) is 50.1 Å². The first-order valence-electron chi connectivity index (χ1n) is 8.71. The molecule has 1 heterocycles. The topological polar surface area (TPSA) is 60.0 Å². The van der Waals surface area contributed by atoms with Gasteiger partial charge in [0.1, 0.15) is 0 Å². The number of carbonyl (C=O) groups is 1. The normalized spacial score (nSPS) is 17.5. The van der Waals surface area contributed by atoms with E-state index in [0.717, 1.165) is 12.8 Å². The molecule has 1 fully saturated rings. The summed E-state index contributed by atoms with van der Waals surface area (Å²) in [6.07, 6.45) is 1.91. The lowest BCUT2D eigenvalue weighted by Crippen LogP contribution is -2.46. The molecule has 24 heavy (non-hydrogen) atoms. The molecule has 0 aromatic heterocycles. The van der Waals surface area contributed by atoms with Crippen molar-refractivity contribution in [2.45, 2.75) is 39.7 Å². The molecule has 0 spiro atoms. The summed E-state index contributed by atoms with van der Waals surface area (Å²) in [4.78, 5) is 14.1. The third-order valence-corrected chi connectivity index (χ3v) is 3.65. The number of carbonyl (C=O) groups excluding carboxylic acids is 1. The highest BCUT2D eigenvalue weighted by atomic mass is 16.5. The van der Waals surface area contributed by atoms with Crippen molar-refractivity contribution in [3.63, 3.8) is 0 Å². The molecule has 0 unspecified atom stereocenters. The number of hydrogen-bond acceptors (Lipinski definition) is 4. The van der Waals surface area contributed by atoms with E-state index in [2.05, 4.69) is 19.2 Å². The zero-order valence-corrected chi connectivity index (χ0v) is 14.8. The Hall–Kier alpha value is -1.95. The van der Waals surface area contributed by atoms with Gasteiger partial charge in [0.25, 0.3) is 0 Å². The molecule has 1 aliphatic rings. The van der Waals surface area contributed by atoms with E-state index in [1.54, 1.807) is 4.90 Å². The number of nitrogens with one attached hydrogen (secondary N) is 1. The summed E-state index contributed by atoms with van der Waals surface area (Å²) < 4.78 is 16.9. The van der Waals surface area contributed by atoms with Crippen molar-refractivity contribution < 1.29 is 19.0 Å². The van der Waals surface area contributed by atoms with E-state index in [1.807, 2.05) is 25.1 Å². The lowest BCUT2D eigenvalue weighted by atomic mass is 10.2. The lowest BCUT2D eigenvalue weighted by Gasteiger charge is -2.31. The number of ether oxygens (including phenoxy) is 3. The molecule has 1 atom stereocenters. The van der Waals surface area contributed by atoms with Crippen molar-refractivity contribution in [2.75, 3.05) is 38.2 Å². The first-order valence-corrected chi connectivity index (χ1v) is 8.71. The average molecular weight is 336 g/mol. The fraction of sp³-hybridized carbons (Fsp3) is 0.611. The standard InChI is InChI=1S/C18H28N2O4/c1-4-9-23-16-7-6-15(12-17(16)24-10-5-2)19-18(21)20-8-11-22-14(3)13-20/h6-7,12,14H,4-5,8-11,13H2,1-3H3,(H,19,21)/t14-/m1/s1. The van der Waals surface area contributed by atoms with Crippen LogP contribution < -0.4 is 14.8 Å². The number of benzene rings is 1. The molecule has 134 valence electrons. The van der Waals surface area contributed by atoms with Gasteiger partial charge in [-0.2, -0.15) is 0 Å². The first kappa shape index (κ1) is 18.4. The minimum Gasteiger partial charge on any atom is -0.490 e. The number of nitrogens with zero attached hydrogens (tertiary/aromatic N) is 1. The molecular formula is C18H28N2O4. The number of rotatable bonds is 7. The highest BCUT2D eigenvalue weighted by molar-refractivity contribution is 5.89. The molecule has 0 saturated carbocycles. The summed E-state index contributed by atoms with van der Waals surface area (Å²) in [5, 5.41) is 2.93. The quantitative estimate of drug-likeness (QED) is 0.828. The van der Waals surface area contributed by atoms with E-state index in [1.165, 1.54) is 0 Å². The van der Waals surface area contributed by atoms with Crippen LogP contribution in [0.25, 0.3) is 0 Å². The Balaban J connectivity index is 2.04. The van der Waals surface area contributed by atoms with E-state index < -0.39 is 0 Å². The van der Waals surface area contributed by atoms with Crippen molar-refractivity contribution in [3.05, 3.63) is 18.2 Å². The molecule has 1 aromatic carbocycles. The van der Waals surface area contributed by atoms with E-state index >= 15 is 0 Å². The molecule has 0 radical (unpaired) electrons. The average Bonchev–Trinajstić information content (AvgIpc) is 2.59. The van der Waals surface area contributed by atoms with Crippen molar-refractivity contribution in [2.24, 2.45) is 0 Å². The number of hydrogen-bond donors (Lipinski definition) is 1. The molecule has 0 aliphatic carbocycles. The predicted molar refractivity (Wildman–Crippen MR) is 94.0 cm³/mol. The molecule has 1 N–H and O–H groups in total. The van der Waals surface area contributed by atoms with Crippen molar-refractivity contribution >= 4 is 11.7 Å². The first-order chi connectivity index (χ1) is 11.6. The van der Waals surface area contributed by atoms with Crippen LogP contribution in [-0.4, -0.2) is 49.9 Å². The molecular weight excluding hydrogens is 308 g/mol. The SMILES string of the molecule is CCCOc1ccc(NC(=O)N2CCO[C@H](C)C2)cc1OCCC. The van der Waals surface area contributed by atoms with Gasteiger partial charge in [0.2, 0.25) is 0 Å². The van der Waals surface area contributed by atoms with Crippen LogP contribution in [0, 0.1) is 0 Å². The molecule has 2 amide bonds.